The van der Waals surface area contributed by atoms with Crippen molar-refractivity contribution in [2.75, 3.05) is 20.2 Å². The summed E-state index contributed by atoms with van der Waals surface area (Å²) in [6.07, 6.45) is 4.53. The normalized spacial score (nSPS) is 40.5. The van der Waals surface area contributed by atoms with E-state index in [0.717, 1.165) is 6.04 Å². The molecule has 1 saturated heterocycles. The zero-order valence-electron chi connectivity index (χ0n) is 6.55. The molecule has 1 heterocycles. The molecule has 0 aromatic carbocycles. The highest BCUT2D eigenvalue weighted by Gasteiger charge is 2.35. The molecule has 2 aliphatic rings. The third-order valence-corrected chi connectivity index (χ3v) is 2.81. The number of likely N-dealkylation sites (tertiary alicyclic amines) is 1. The van der Waals surface area contributed by atoms with Gasteiger partial charge in [0, 0.05) is 13.2 Å². The molecule has 1 saturated carbocycles. The molecule has 1 aliphatic heterocycles. The van der Waals surface area contributed by atoms with E-state index in [2.05, 4.69) is 4.90 Å². The van der Waals surface area contributed by atoms with Crippen molar-refractivity contribution in [3.05, 3.63) is 0 Å². The molecule has 10 heavy (non-hydrogen) atoms. The fourth-order valence-electron chi connectivity index (χ4n) is 1.73. The van der Waals surface area contributed by atoms with Gasteiger partial charge in [-0.3, -0.25) is 0 Å². The Balaban J connectivity index is 1.69. The van der Waals surface area contributed by atoms with Gasteiger partial charge in [0.1, 0.15) is 0 Å². The summed E-state index contributed by atoms with van der Waals surface area (Å²) >= 11 is 0. The standard InChI is InChI=1S/C8H15NO/c1-10-8-5-7(6-8)9-3-2-4-9/h7-8H,2-6H2,1H3. The maximum atomic E-state index is 5.21. The lowest BCUT2D eigenvalue weighted by Gasteiger charge is -2.46. The highest BCUT2D eigenvalue weighted by Crippen LogP contribution is 2.30. The first kappa shape index (κ1) is 6.62. The Morgan fingerprint density at radius 2 is 2.00 bits per heavy atom. The molecule has 0 aromatic rings. The minimum absolute atomic E-state index is 0.575. The van der Waals surface area contributed by atoms with Gasteiger partial charge >= 0.3 is 0 Å². The third kappa shape index (κ3) is 0.956. The molecule has 2 fully saturated rings. The Hall–Kier alpha value is -0.0800. The second kappa shape index (κ2) is 2.51. The van der Waals surface area contributed by atoms with Gasteiger partial charge in [-0.2, -0.15) is 0 Å². The summed E-state index contributed by atoms with van der Waals surface area (Å²) in [5.74, 6) is 0. The van der Waals surface area contributed by atoms with Gasteiger partial charge in [0.2, 0.25) is 0 Å². The van der Waals surface area contributed by atoms with Crippen LogP contribution in [0.3, 0.4) is 0 Å². The summed E-state index contributed by atoms with van der Waals surface area (Å²) in [6.45, 7) is 2.67. The van der Waals surface area contributed by atoms with Crippen molar-refractivity contribution in [1.82, 2.24) is 4.90 Å². The molecule has 2 nitrogen and oxygen atoms in total. The van der Waals surface area contributed by atoms with E-state index in [1.54, 1.807) is 0 Å². The van der Waals surface area contributed by atoms with Gasteiger partial charge in [-0.1, -0.05) is 0 Å². The quantitative estimate of drug-likeness (QED) is 0.565. The van der Waals surface area contributed by atoms with Crippen LogP contribution < -0.4 is 0 Å². The van der Waals surface area contributed by atoms with Crippen molar-refractivity contribution in [1.29, 1.82) is 0 Å². The van der Waals surface area contributed by atoms with Crippen LogP contribution in [0.1, 0.15) is 19.3 Å². The molecule has 2 rings (SSSR count). The monoisotopic (exact) mass is 141 g/mol. The van der Waals surface area contributed by atoms with E-state index in [1.807, 2.05) is 7.11 Å². The number of methoxy groups -OCH3 is 1. The summed E-state index contributed by atoms with van der Waals surface area (Å²) in [5.41, 5.74) is 0. The van der Waals surface area contributed by atoms with Crippen LogP contribution in [0.2, 0.25) is 0 Å². The van der Waals surface area contributed by atoms with Crippen LogP contribution in [0.4, 0.5) is 0 Å². The van der Waals surface area contributed by atoms with Crippen LogP contribution in [0.25, 0.3) is 0 Å². The minimum Gasteiger partial charge on any atom is -0.381 e. The van der Waals surface area contributed by atoms with Crippen LogP contribution in [-0.4, -0.2) is 37.2 Å². The largest absolute Gasteiger partial charge is 0.381 e. The molecule has 0 radical (unpaired) electrons. The molecule has 0 N–H and O–H groups in total. The predicted molar refractivity (Wildman–Crippen MR) is 40.0 cm³/mol. The fourth-order valence-corrected chi connectivity index (χ4v) is 1.73. The molecular formula is C8H15NO. The van der Waals surface area contributed by atoms with Gasteiger partial charge in [-0.05, 0) is 32.4 Å². The van der Waals surface area contributed by atoms with Crippen molar-refractivity contribution < 1.29 is 4.74 Å². The van der Waals surface area contributed by atoms with Gasteiger partial charge in [0.15, 0.2) is 0 Å². The summed E-state index contributed by atoms with van der Waals surface area (Å²) < 4.78 is 5.21. The van der Waals surface area contributed by atoms with E-state index in [4.69, 9.17) is 4.74 Å². The van der Waals surface area contributed by atoms with Gasteiger partial charge in [0.25, 0.3) is 0 Å². The SMILES string of the molecule is COC1CC(N2CCC2)C1. The van der Waals surface area contributed by atoms with Crippen molar-refractivity contribution >= 4 is 0 Å². The summed E-state index contributed by atoms with van der Waals surface area (Å²) in [4.78, 5) is 2.56. The third-order valence-electron chi connectivity index (χ3n) is 2.81. The molecule has 0 aromatic heterocycles. The smallest absolute Gasteiger partial charge is 0.0601 e. The maximum absolute atomic E-state index is 5.21. The molecule has 0 spiro atoms. The predicted octanol–water partition coefficient (Wildman–Crippen LogP) is 0.870. The number of nitrogens with zero attached hydrogens (tertiary/aromatic N) is 1. The molecule has 0 unspecified atom stereocenters. The topological polar surface area (TPSA) is 12.5 Å². The van der Waals surface area contributed by atoms with Crippen LogP contribution in [0.15, 0.2) is 0 Å². The summed E-state index contributed by atoms with van der Waals surface area (Å²) in [5, 5.41) is 0. The lowest BCUT2D eigenvalue weighted by Crippen LogP contribution is -2.53. The number of hydrogen-bond acceptors (Lipinski definition) is 2. The Morgan fingerprint density at radius 3 is 2.40 bits per heavy atom. The van der Waals surface area contributed by atoms with Crippen molar-refractivity contribution in [3.8, 4) is 0 Å². The molecule has 0 atom stereocenters. The van der Waals surface area contributed by atoms with Gasteiger partial charge in [-0.15, -0.1) is 0 Å². The highest BCUT2D eigenvalue weighted by molar-refractivity contribution is 4.90. The van der Waals surface area contributed by atoms with Gasteiger partial charge in [-0.25, -0.2) is 0 Å². The van der Waals surface area contributed by atoms with E-state index >= 15 is 0 Å². The zero-order valence-corrected chi connectivity index (χ0v) is 6.55. The van der Waals surface area contributed by atoms with Gasteiger partial charge in [0.05, 0.1) is 6.10 Å². The van der Waals surface area contributed by atoms with E-state index in [0.29, 0.717) is 6.10 Å². The lowest BCUT2D eigenvalue weighted by molar-refractivity contribution is -0.0457. The van der Waals surface area contributed by atoms with Crippen molar-refractivity contribution in [3.63, 3.8) is 0 Å². The average molecular weight is 141 g/mol. The van der Waals surface area contributed by atoms with Gasteiger partial charge < -0.3 is 9.64 Å². The number of ether oxygens (including phenoxy) is 1. The van der Waals surface area contributed by atoms with E-state index < -0.39 is 0 Å². The summed E-state index contributed by atoms with van der Waals surface area (Å²) in [7, 11) is 1.82. The Labute approximate surface area is 62.2 Å². The first-order valence-corrected chi connectivity index (χ1v) is 4.17. The first-order chi connectivity index (χ1) is 4.90. The lowest BCUT2D eigenvalue weighted by atomic mass is 9.86. The number of rotatable bonds is 2. The Kier molecular flexibility index (Phi) is 1.66. The van der Waals surface area contributed by atoms with Crippen LogP contribution in [0, 0.1) is 0 Å². The first-order valence-electron chi connectivity index (χ1n) is 4.17. The van der Waals surface area contributed by atoms with E-state index in [1.165, 1.54) is 32.4 Å². The van der Waals surface area contributed by atoms with E-state index in [-0.39, 0.29) is 0 Å². The molecule has 0 amide bonds. The molecule has 58 valence electrons. The average Bonchev–Trinajstić information content (AvgIpc) is 1.72. The summed E-state index contributed by atoms with van der Waals surface area (Å²) in [6, 6.07) is 0.874. The van der Waals surface area contributed by atoms with Crippen LogP contribution >= 0.6 is 0 Å². The second-order valence-corrected chi connectivity index (χ2v) is 3.37. The van der Waals surface area contributed by atoms with E-state index in [9.17, 15) is 0 Å². The second-order valence-electron chi connectivity index (χ2n) is 3.37. The molecular weight excluding hydrogens is 126 g/mol. The Morgan fingerprint density at radius 1 is 1.30 bits per heavy atom. The fraction of sp³-hybridized carbons (Fsp3) is 1.00. The van der Waals surface area contributed by atoms with Crippen molar-refractivity contribution in [2.45, 2.75) is 31.4 Å². The highest BCUT2D eigenvalue weighted by atomic mass is 16.5. The van der Waals surface area contributed by atoms with Crippen LogP contribution in [0.5, 0.6) is 0 Å². The molecule has 2 heteroatoms. The maximum Gasteiger partial charge on any atom is 0.0601 e. The number of hydrogen-bond donors (Lipinski definition) is 0. The van der Waals surface area contributed by atoms with Crippen LogP contribution in [-0.2, 0) is 4.74 Å². The minimum atomic E-state index is 0.575. The zero-order chi connectivity index (χ0) is 6.97. The molecule has 0 bridgehead atoms. The Bertz CT molecular complexity index is 116. The van der Waals surface area contributed by atoms with Crippen molar-refractivity contribution in [2.24, 2.45) is 0 Å². The molecule has 1 aliphatic carbocycles.